The molecule has 44 heavy (non-hydrogen) atoms. The summed E-state index contributed by atoms with van der Waals surface area (Å²) in [5.41, 5.74) is 7.61. The molecule has 0 bridgehead atoms. The van der Waals surface area contributed by atoms with Gasteiger partial charge in [-0.25, -0.2) is 0 Å². The first-order valence-electron chi connectivity index (χ1n) is 14.8. The van der Waals surface area contributed by atoms with Gasteiger partial charge in [0.1, 0.15) is 5.41 Å². The average molecular weight is 774 g/mol. The molecule has 0 amide bonds. The van der Waals surface area contributed by atoms with E-state index < -0.39 is 5.41 Å². The number of benzene rings is 3. The molecule has 0 radical (unpaired) electrons. The Kier molecular flexibility index (Phi) is 9.88. The van der Waals surface area contributed by atoms with E-state index in [1.54, 1.807) is 0 Å². The third-order valence-electron chi connectivity index (χ3n) is 8.27. The van der Waals surface area contributed by atoms with Crippen LogP contribution in [0, 0.1) is 0 Å². The van der Waals surface area contributed by atoms with Gasteiger partial charge in [0, 0.05) is 17.3 Å². The van der Waals surface area contributed by atoms with Gasteiger partial charge in [-0.15, -0.1) is 0 Å². The molecule has 3 aromatic carbocycles. The number of nitrogens with zero attached hydrogens (tertiary/aromatic N) is 4. The SMILES string of the molecule is CC1(C)CCCc2c1n[n-]c2-c1cccc(C(c2ccccc2)(c2ccccc2)c2ccccn2)n1.[Pt+2].[S-]c1ccccc1. The molecule has 0 saturated carbocycles. The van der Waals surface area contributed by atoms with Crippen LogP contribution in [0.25, 0.3) is 11.4 Å². The molecular formula is C38H34N4PtS. The molecule has 0 spiro atoms. The first-order valence-corrected chi connectivity index (χ1v) is 15.2. The van der Waals surface area contributed by atoms with Crippen LogP contribution in [-0.2, 0) is 50.9 Å². The number of fused-ring (bicyclic) bond motifs is 1. The van der Waals surface area contributed by atoms with Crippen LogP contribution in [-0.4, -0.2) is 15.1 Å². The Balaban J connectivity index is 0.000000425. The van der Waals surface area contributed by atoms with E-state index in [2.05, 4.69) is 109 Å². The predicted octanol–water partition coefficient (Wildman–Crippen LogP) is 8.08. The van der Waals surface area contributed by atoms with Gasteiger partial charge in [-0.2, -0.15) is 4.90 Å². The van der Waals surface area contributed by atoms with Gasteiger partial charge in [-0.3, -0.25) is 9.97 Å². The molecule has 3 aromatic heterocycles. The second-order valence-electron chi connectivity index (χ2n) is 11.5. The molecule has 6 aromatic rings. The zero-order valence-electron chi connectivity index (χ0n) is 24.8. The fourth-order valence-corrected chi connectivity index (χ4v) is 6.35. The maximum atomic E-state index is 5.33. The second-order valence-corrected chi connectivity index (χ2v) is 12.0. The van der Waals surface area contributed by atoms with Crippen molar-refractivity contribution in [3.63, 3.8) is 0 Å². The smallest absolute Gasteiger partial charge is 0.780 e. The monoisotopic (exact) mass is 773 g/mol. The Bertz CT molecular complexity index is 1680. The molecule has 0 N–H and O–H groups in total. The van der Waals surface area contributed by atoms with E-state index in [1.165, 1.54) is 5.56 Å². The summed E-state index contributed by atoms with van der Waals surface area (Å²) in [6, 6.07) is 43.1. The van der Waals surface area contributed by atoms with E-state index in [-0.39, 0.29) is 26.5 Å². The van der Waals surface area contributed by atoms with Crippen LogP contribution in [0.1, 0.15) is 60.5 Å². The van der Waals surface area contributed by atoms with Gasteiger partial charge < -0.3 is 22.8 Å². The Morgan fingerprint density at radius 2 is 1.30 bits per heavy atom. The van der Waals surface area contributed by atoms with Crippen molar-refractivity contribution in [2.75, 3.05) is 0 Å². The van der Waals surface area contributed by atoms with Crippen molar-refractivity contribution in [1.82, 2.24) is 20.2 Å². The summed E-state index contributed by atoms with van der Waals surface area (Å²) in [6.07, 6.45) is 5.14. The Morgan fingerprint density at radius 1 is 0.705 bits per heavy atom. The van der Waals surface area contributed by atoms with Crippen LogP contribution in [0.2, 0.25) is 0 Å². The summed E-state index contributed by atoms with van der Waals surface area (Å²) < 4.78 is 0. The molecule has 222 valence electrons. The minimum atomic E-state index is -0.681. The summed E-state index contributed by atoms with van der Waals surface area (Å²) in [4.78, 5) is 11.1. The molecule has 6 heteroatoms. The minimum absolute atomic E-state index is 0. The Labute approximate surface area is 280 Å². The molecule has 0 unspecified atom stereocenters. The number of rotatable bonds is 5. The van der Waals surface area contributed by atoms with Crippen molar-refractivity contribution >= 4 is 12.6 Å². The van der Waals surface area contributed by atoms with Crippen molar-refractivity contribution in [2.45, 2.75) is 48.8 Å². The van der Waals surface area contributed by atoms with Gasteiger partial charge in [0.25, 0.3) is 0 Å². The molecule has 1 aliphatic carbocycles. The quantitative estimate of drug-likeness (QED) is 0.166. The van der Waals surface area contributed by atoms with Crippen LogP contribution in [0.3, 0.4) is 0 Å². The summed E-state index contributed by atoms with van der Waals surface area (Å²) >= 11 is 4.81. The first kappa shape index (κ1) is 31.5. The number of hydrogen-bond acceptors (Lipinski definition) is 4. The number of hydrogen-bond donors (Lipinski definition) is 0. The van der Waals surface area contributed by atoms with Gasteiger partial charge in [0.2, 0.25) is 0 Å². The van der Waals surface area contributed by atoms with E-state index in [4.69, 9.17) is 22.6 Å². The predicted molar refractivity (Wildman–Crippen MR) is 175 cm³/mol. The van der Waals surface area contributed by atoms with Crippen LogP contribution in [0.4, 0.5) is 0 Å². The third-order valence-corrected chi connectivity index (χ3v) is 8.55. The van der Waals surface area contributed by atoms with E-state index in [0.717, 1.165) is 63.8 Å². The molecular weight excluding hydrogens is 740 g/mol. The topological polar surface area (TPSA) is 52.8 Å². The summed E-state index contributed by atoms with van der Waals surface area (Å²) in [6.45, 7) is 4.54. The molecule has 1 aliphatic rings. The van der Waals surface area contributed by atoms with E-state index >= 15 is 0 Å². The van der Waals surface area contributed by atoms with Gasteiger partial charge in [0.15, 0.2) is 0 Å². The van der Waals surface area contributed by atoms with Crippen LogP contribution in [0.15, 0.2) is 138 Å². The van der Waals surface area contributed by atoms with Crippen LogP contribution >= 0.6 is 0 Å². The fraction of sp³-hybridized carbons (Fsp3) is 0.184. The van der Waals surface area contributed by atoms with E-state index in [0.29, 0.717) is 0 Å². The zero-order chi connectivity index (χ0) is 29.7. The Hall–Kier alpha value is -3.92. The third kappa shape index (κ3) is 6.17. The van der Waals surface area contributed by atoms with Crippen molar-refractivity contribution in [3.05, 3.63) is 167 Å². The maximum absolute atomic E-state index is 5.33. The van der Waals surface area contributed by atoms with E-state index in [9.17, 15) is 0 Å². The fourth-order valence-electron chi connectivity index (χ4n) is 6.19. The molecule has 0 aliphatic heterocycles. The minimum Gasteiger partial charge on any atom is -0.780 e. The molecule has 0 atom stereocenters. The largest absolute Gasteiger partial charge is 2.00 e. The van der Waals surface area contributed by atoms with Crippen molar-refractivity contribution in [3.8, 4) is 11.4 Å². The summed E-state index contributed by atoms with van der Waals surface area (Å²) in [5.74, 6) is 0. The van der Waals surface area contributed by atoms with Gasteiger partial charge in [-0.1, -0.05) is 123 Å². The molecule has 0 saturated heterocycles. The van der Waals surface area contributed by atoms with E-state index in [1.807, 2.05) is 48.7 Å². The second kappa shape index (κ2) is 13.8. The van der Waals surface area contributed by atoms with Gasteiger partial charge in [-0.05, 0) is 60.2 Å². The average Bonchev–Trinajstić information content (AvgIpc) is 3.50. The summed E-state index contributed by atoms with van der Waals surface area (Å²) in [5, 5.41) is 9.33. The maximum Gasteiger partial charge on any atom is 2.00 e. The standard InChI is InChI=1S/C32H29N4.C6H6S.Pt/c1-31(2)21-12-17-25-29(35-36-30(25)31)26-18-11-20-28(34-26)32(23-13-5-3-6-14-23,24-15-7-4-8-16-24)27-19-9-10-22-33-27;7-6-4-2-1-3-5-6;/h3-11,13-16,18-20,22H,12,17,21H2,1-2H3;1-5,7H;/q-1;;+2/p-1. The van der Waals surface area contributed by atoms with Crippen LogP contribution < -0.4 is 5.10 Å². The molecule has 3 heterocycles. The molecule has 4 nitrogen and oxygen atoms in total. The first-order chi connectivity index (χ1) is 21.0. The molecule has 0 fully saturated rings. The molecule has 7 rings (SSSR count). The number of pyridine rings is 2. The summed E-state index contributed by atoms with van der Waals surface area (Å²) in [7, 11) is 0. The van der Waals surface area contributed by atoms with Gasteiger partial charge >= 0.3 is 21.1 Å². The zero-order valence-corrected chi connectivity index (χ0v) is 27.9. The van der Waals surface area contributed by atoms with Gasteiger partial charge in [0.05, 0.1) is 17.1 Å². The Morgan fingerprint density at radius 3 is 1.86 bits per heavy atom. The van der Waals surface area contributed by atoms with Crippen molar-refractivity contribution in [2.24, 2.45) is 0 Å². The normalized spacial score (nSPS) is 13.5. The van der Waals surface area contributed by atoms with Crippen molar-refractivity contribution < 1.29 is 21.1 Å². The van der Waals surface area contributed by atoms with Crippen LogP contribution in [0.5, 0.6) is 0 Å². The number of aromatic nitrogens is 4. The van der Waals surface area contributed by atoms with Crippen molar-refractivity contribution in [1.29, 1.82) is 0 Å².